The second kappa shape index (κ2) is 10.6. The fraction of sp³-hybridized carbons (Fsp3) is 0.382. The van der Waals surface area contributed by atoms with E-state index < -0.39 is 11.9 Å². The van der Waals surface area contributed by atoms with Crippen molar-refractivity contribution in [3.63, 3.8) is 0 Å². The Kier molecular flexibility index (Phi) is 7.07. The van der Waals surface area contributed by atoms with Crippen LogP contribution in [0.2, 0.25) is 0 Å². The van der Waals surface area contributed by atoms with Crippen molar-refractivity contribution in [3.05, 3.63) is 57.4 Å². The molecule has 0 radical (unpaired) electrons. The van der Waals surface area contributed by atoms with Crippen LogP contribution in [0.25, 0.3) is 44.2 Å². The summed E-state index contributed by atoms with van der Waals surface area (Å²) in [5.74, 6) is -1.49. The third kappa shape index (κ3) is 4.49. The smallest absolute Gasteiger partial charge is 0.305 e. The Hall–Kier alpha value is -4.53. The first-order valence-corrected chi connectivity index (χ1v) is 14.9. The Labute approximate surface area is 249 Å². The molecule has 0 saturated carbocycles. The highest BCUT2D eigenvalue weighted by atomic mass is 16.5. The molecular weight excluding hydrogens is 544 g/mol. The maximum Gasteiger partial charge on any atom is 0.305 e. The van der Waals surface area contributed by atoms with Gasteiger partial charge in [-0.1, -0.05) is 20.8 Å². The van der Waals surface area contributed by atoms with Crippen LogP contribution in [-0.4, -0.2) is 43.2 Å². The van der Waals surface area contributed by atoms with E-state index in [-0.39, 0.29) is 24.2 Å². The first kappa shape index (κ1) is 28.6. The molecule has 3 aromatic heterocycles. The Bertz CT molecular complexity index is 2000. The number of hydrogen-bond donors (Lipinski definition) is 4. The van der Waals surface area contributed by atoms with Crippen LogP contribution in [0.3, 0.4) is 0 Å². The van der Waals surface area contributed by atoms with Crippen LogP contribution in [-0.2, 0) is 22.4 Å². The van der Waals surface area contributed by atoms with E-state index in [4.69, 9.17) is 19.1 Å². The highest BCUT2D eigenvalue weighted by molar-refractivity contribution is 5.95. The van der Waals surface area contributed by atoms with Crippen LogP contribution in [0.1, 0.15) is 84.7 Å². The number of aromatic amines is 2. The third-order valence-corrected chi connectivity index (χ3v) is 9.37. The van der Waals surface area contributed by atoms with E-state index in [1.165, 1.54) is 23.8 Å². The maximum absolute atomic E-state index is 12.2. The molecule has 3 aromatic rings. The highest BCUT2D eigenvalue weighted by Gasteiger charge is 2.35. The summed E-state index contributed by atoms with van der Waals surface area (Å²) in [6.07, 6.45) is 2.34. The molecule has 4 N–H and O–H groups in total. The van der Waals surface area contributed by atoms with Gasteiger partial charge < -0.3 is 29.3 Å². The molecular formula is C34H38N4O5. The van der Waals surface area contributed by atoms with Crippen LogP contribution in [0.4, 0.5) is 0 Å². The number of ether oxygens (including phenoxy) is 1. The van der Waals surface area contributed by atoms with Gasteiger partial charge in [0.1, 0.15) is 5.39 Å². The average Bonchev–Trinajstić information content (AvgIpc) is 3.65. The Morgan fingerprint density at radius 1 is 0.907 bits per heavy atom. The van der Waals surface area contributed by atoms with Crippen molar-refractivity contribution in [2.24, 2.45) is 0 Å². The molecule has 2 atom stereocenters. The predicted molar refractivity (Wildman–Crippen MR) is 167 cm³/mol. The summed E-state index contributed by atoms with van der Waals surface area (Å²) in [5.41, 5.74) is 12.3. The number of nitrogens with one attached hydrogen (secondary N) is 2. The van der Waals surface area contributed by atoms with E-state index in [2.05, 4.69) is 56.7 Å². The van der Waals surface area contributed by atoms with Gasteiger partial charge in [0.05, 0.1) is 29.6 Å². The molecule has 224 valence electrons. The zero-order valence-electron chi connectivity index (χ0n) is 25.7. The number of aryl methyl sites for hydroxylation is 5. The van der Waals surface area contributed by atoms with Crippen molar-refractivity contribution in [2.75, 3.05) is 7.11 Å². The third-order valence-electron chi connectivity index (χ3n) is 9.37. The molecule has 8 bridgehead atoms. The van der Waals surface area contributed by atoms with Crippen LogP contribution in [0, 0.1) is 20.8 Å². The Balaban J connectivity index is 1.82. The number of aromatic nitrogens is 4. The van der Waals surface area contributed by atoms with Crippen LogP contribution >= 0.6 is 0 Å². The van der Waals surface area contributed by atoms with E-state index in [9.17, 15) is 15.0 Å². The lowest BCUT2D eigenvalue weighted by atomic mass is 9.86. The monoisotopic (exact) mass is 582 g/mol. The minimum atomic E-state index is -0.459. The van der Waals surface area contributed by atoms with Gasteiger partial charge in [0, 0.05) is 46.0 Å². The van der Waals surface area contributed by atoms with E-state index in [1.54, 1.807) is 0 Å². The molecule has 0 fully saturated rings. The molecule has 6 heterocycles. The van der Waals surface area contributed by atoms with Gasteiger partial charge in [-0.25, -0.2) is 4.98 Å². The summed E-state index contributed by atoms with van der Waals surface area (Å²) in [4.78, 5) is 29.5. The van der Waals surface area contributed by atoms with E-state index in [0.717, 1.165) is 51.7 Å². The number of fused-ring (bicyclic) bond motifs is 8. The maximum atomic E-state index is 12.2. The van der Waals surface area contributed by atoms with Crippen molar-refractivity contribution in [2.45, 2.75) is 79.1 Å². The van der Waals surface area contributed by atoms with Crippen molar-refractivity contribution in [3.8, 4) is 23.1 Å². The van der Waals surface area contributed by atoms with Gasteiger partial charge in [0.25, 0.3) is 11.9 Å². The van der Waals surface area contributed by atoms with Gasteiger partial charge in [-0.2, -0.15) is 0 Å². The molecule has 9 nitrogen and oxygen atoms in total. The summed E-state index contributed by atoms with van der Waals surface area (Å²) >= 11 is 0. The first-order chi connectivity index (χ1) is 20.6. The predicted octanol–water partition coefficient (Wildman–Crippen LogP) is 7.59. The van der Waals surface area contributed by atoms with Gasteiger partial charge in [-0.3, -0.25) is 9.78 Å². The largest absolute Gasteiger partial charge is 0.480 e. The SMILES string of the molecule is CCc1c(C)c2cc3[nH]c(cc4nc(c5c6nc(cc1[nH]2)c(C)c-6c(O)oc5O)C(CCC(=O)OC)C4C)c(C)c3CC. The number of H-pyrrole nitrogens is 2. The molecule has 0 aromatic carbocycles. The van der Waals surface area contributed by atoms with E-state index >= 15 is 0 Å². The van der Waals surface area contributed by atoms with Crippen molar-refractivity contribution in [1.82, 2.24) is 19.9 Å². The molecule has 9 heteroatoms. The number of aromatic hydroxyl groups is 2. The van der Waals surface area contributed by atoms with Gasteiger partial charge in [0.2, 0.25) is 0 Å². The average molecular weight is 583 g/mol. The zero-order chi connectivity index (χ0) is 30.7. The molecule has 6 rings (SSSR count). The summed E-state index contributed by atoms with van der Waals surface area (Å²) in [6, 6.07) is 6.25. The van der Waals surface area contributed by atoms with Crippen LogP contribution < -0.4 is 0 Å². The van der Waals surface area contributed by atoms with E-state index in [0.29, 0.717) is 34.3 Å². The minimum Gasteiger partial charge on any atom is -0.480 e. The van der Waals surface area contributed by atoms with Gasteiger partial charge in [-0.05, 0) is 86.1 Å². The number of rotatable bonds is 5. The quantitative estimate of drug-likeness (QED) is 0.157. The summed E-state index contributed by atoms with van der Waals surface area (Å²) in [6.45, 7) is 12.5. The van der Waals surface area contributed by atoms with Gasteiger partial charge in [-0.15, -0.1) is 0 Å². The number of esters is 1. The lowest BCUT2D eigenvalue weighted by Gasteiger charge is -2.17. The summed E-state index contributed by atoms with van der Waals surface area (Å²) < 4.78 is 10.5. The van der Waals surface area contributed by atoms with E-state index in [1.807, 2.05) is 13.0 Å². The summed E-state index contributed by atoms with van der Waals surface area (Å²) in [5, 5.41) is 22.4. The van der Waals surface area contributed by atoms with Gasteiger partial charge in [0.15, 0.2) is 0 Å². The fourth-order valence-corrected chi connectivity index (χ4v) is 6.84. The normalized spacial score (nSPS) is 16.0. The number of carbonyl (C=O) groups is 1. The fourth-order valence-electron chi connectivity index (χ4n) is 6.84. The minimum absolute atomic E-state index is 0.0826. The number of nitrogens with zero attached hydrogens (tertiary/aromatic N) is 2. The van der Waals surface area contributed by atoms with Crippen molar-refractivity contribution >= 4 is 38.9 Å². The zero-order valence-corrected chi connectivity index (χ0v) is 25.7. The molecule has 3 aliphatic rings. The van der Waals surface area contributed by atoms with Crippen LogP contribution in [0.5, 0.6) is 11.9 Å². The number of carbonyl (C=O) groups excluding carboxylic acids is 1. The molecule has 0 amide bonds. The lowest BCUT2D eigenvalue weighted by molar-refractivity contribution is -0.140. The molecule has 0 aliphatic carbocycles. The highest BCUT2D eigenvalue weighted by Crippen LogP contribution is 2.49. The topological polar surface area (TPSA) is 137 Å². The van der Waals surface area contributed by atoms with Crippen molar-refractivity contribution < 1.29 is 24.2 Å². The molecule has 43 heavy (non-hydrogen) atoms. The number of methoxy groups -OCH3 is 1. The Morgan fingerprint density at radius 2 is 1.53 bits per heavy atom. The molecule has 0 saturated heterocycles. The second-order valence-electron chi connectivity index (χ2n) is 11.6. The second-order valence-corrected chi connectivity index (χ2v) is 11.6. The molecule has 3 aliphatic heterocycles. The first-order valence-electron chi connectivity index (χ1n) is 14.9. The summed E-state index contributed by atoms with van der Waals surface area (Å²) in [7, 11) is 1.38. The van der Waals surface area contributed by atoms with Gasteiger partial charge >= 0.3 is 5.97 Å². The number of hydrogen-bond acceptors (Lipinski definition) is 7. The Morgan fingerprint density at radius 3 is 2.16 bits per heavy atom. The standard InChI is InChI=1S/C34H38N4O5/c1-8-19-15(3)22-12-24-17(5)21(10-11-28(39)42-7)31(37-24)30-32-29(33(40)43-34(30)41)18(6)25(38-32)14-27-20(9-2)16(4)23(36-27)13-26(19)35-22/h12-14,17,21,35-36,40-41H,8-11H2,1-7H3. The molecule has 2 unspecified atom stereocenters. The van der Waals surface area contributed by atoms with Crippen molar-refractivity contribution in [1.29, 1.82) is 0 Å². The molecule has 0 spiro atoms. The lowest BCUT2D eigenvalue weighted by Crippen LogP contribution is -2.08. The van der Waals surface area contributed by atoms with Crippen LogP contribution in [0.15, 0.2) is 22.6 Å².